The molecule has 0 radical (unpaired) electrons. The third-order valence-corrected chi connectivity index (χ3v) is 3.81. The van der Waals surface area contributed by atoms with E-state index in [2.05, 4.69) is 28.2 Å². The van der Waals surface area contributed by atoms with Gasteiger partial charge in [0.15, 0.2) is 11.5 Å². The number of likely N-dealkylation sites (N-methyl/N-ethyl adjacent to an activating group) is 1. The molecule has 1 aliphatic rings. The van der Waals surface area contributed by atoms with Gasteiger partial charge in [0, 0.05) is 18.5 Å². The molecule has 0 aliphatic carbocycles. The summed E-state index contributed by atoms with van der Waals surface area (Å²) in [5.41, 5.74) is 1.93. The number of rotatable bonds is 4. The molecule has 0 aromatic heterocycles. The van der Waals surface area contributed by atoms with Crippen LogP contribution in [0.1, 0.15) is 30.6 Å². The van der Waals surface area contributed by atoms with Crippen LogP contribution in [0.4, 0.5) is 0 Å². The molecule has 1 aromatic carbocycles. The first kappa shape index (κ1) is 14.6. The lowest BCUT2D eigenvalue weighted by atomic mass is 9.98. The molecule has 1 unspecified atom stereocenters. The number of hydrogen-bond donors (Lipinski definition) is 2. The number of nitrogens with one attached hydrogen (secondary N) is 1. The Balaban J connectivity index is 2.50. The van der Waals surface area contributed by atoms with Gasteiger partial charge in [0.1, 0.15) is 0 Å². The van der Waals surface area contributed by atoms with Gasteiger partial charge in [-0.3, -0.25) is 0 Å². The van der Waals surface area contributed by atoms with E-state index in [1.54, 1.807) is 0 Å². The summed E-state index contributed by atoms with van der Waals surface area (Å²) in [4.78, 5) is 0. The van der Waals surface area contributed by atoms with E-state index in [4.69, 9.17) is 9.47 Å². The Bertz CT molecular complexity index is 451. The van der Waals surface area contributed by atoms with E-state index >= 15 is 0 Å². The number of aliphatic hydroxyl groups excluding tert-OH is 1. The van der Waals surface area contributed by atoms with Crippen molar-refractivity contribution in [3.63, 3.8) is 0 Å². The summed E-state index contributed by atoms with van der Waals surface area (Å²) in [6, 6.07) is 1.94. The Kier molecular flexibility index (Phi) is 5.07. The average Bonchev–Trinajstić information content (AvgIpc) is 2.65. The lowest BCUT2D eigenvalue weighted by Crippen LogP contribution is -2.18. The van der Waals surface area contributed by atoms with Gasteiger partial charge in [-0.25, -0.2) is 0 Å². The molecule has 0 bridgehead atoms. The minimum Gasteiger partial charge on any atom is -0.489 e. The third-order valence-electron chi connectivity index (χ3n) is 3.22. The SMILES string of the molecule is CCc1c(C(O)CNC)cc(Br)c2c1OCCCO2. The van der Waals surface area contributed by atoms with Gasteiger partial charge < -0.3 is 19.9 Å². The standard InChI is InChI=1S/C14H20BrNO3/c1-3-9-10(12(17)8-16-2)7-11(15)14-13(9)18-5-4-6-19-14/h7,12,16-17H,3-6,8H2,1-2H3. The molecule has 1 atom stereocenters. The molecule has 19 heavy (non-hydrogen) atoms. The first-order chi connectivity index (χ1) is 9.19. The Hall–Kier alpha value is -0.780. The molecule has 1 heterocycles. The lowest BCUT2D eigenvalue weighted by Gasteiger charge is -2.20. The van der Waals surface area contributed by atoms with E-state index in [0.29, 0.717) is 19.8 Å². The van der Waals surface area contributed by atoms with E-state index < -0.39 is 6.10 Å². The molecule has 1 aromatic rings. The Morgan fingerprint density at radius 3 is 2.68 bits per heavy atom. The van der Waals surface area contributed by atoms with Gasteiger partial charge in [-0.05, 0) is 41.0 Å². The summed E-state index contributed by atoms with van der Waals surface area (Å²) in [5, 5.41) is 13.2. The van der Waals surface area contributed by atoms with Crippen molar-refractivity contribution < 1.29 is 14.6 Å². The van der Waals surface area contributed by atoms with Crippen LogP contribution in [0.3, 0.4) is 0 Å². The molecule has 106 valence electrons. The summed E-state index contributed by atoms with van der Waals surface area (Å²) in [7, 11) is 1.83. The smallest absolute Gasteiger partial charge is 0.175 e. The normalized spacial score (nSPS) is 16.0. The van der Waals surface area contributed by atoms with Crippen LogP contribution in [-0.2, 0) is 6.42 Å². The molecule has 0 saturated heterocycles. The van der Waals surface area contributed by atoms with E-state index in [-0.39, 0.29) is 0 Å². The van der Waals surface area contributed by atoms with Gasteiger partial charge in [0.05, 0.1) is 23.8 Å². The van der Waals surface area contributed by atoms with E-state index in [1.807, 2.05) is 13.1 Å². The molecule has 0 spiro atoms. The van der Waals surface area contributed by atoms with E-state index in [9.17, 15) is 5.11 Å². The van der Waals surface area contributed by atoms with Gasteiger partial charge in [-0.1, -0.05) is 6.92 Å². The molecular formula is C14H20BrNO3. The van der Waals surface area contributed by atoms with Crippen molar-refractivity contribution in [1.29, 1.82) is 0 Å². The molecule has 5 heteroatoms. The zero-order chi connectivity index (χ0) is 13.8. The molecule has 2 N–H and O–H groups in total. The lowest BCUT2D eigenvalue weighted by molar-refractivity contribution is 0.176. The Labute approximate surface area is 122 Å². The maximum atomic E-state index is 10.2. The van der Waals surface area contributed by atoms with Crippen LogP contribution in [0.25, 0.3) is 0 Å². The fourth-order valence-electron chi connectivity index (χ4n) is 2.33. The monoisotopic (exact) mass is 329 g/mol. The van der Waals surface area contributed by atoms with Crippen LogP contribution in [0, 0.1) is 0 Å². The minimum absolute atomic E-state index is 0.513. The van der Waals surface area contributed by atoms with Crippen LogP contribution >= 0.6 is 15.9 Å². The van der Waals surface area contributed by atoms with Gasteiger partial charge >= 0.3 is 0 Å². The van der Waals surface area contributed by atoms with E-state index in [1.165, 1.54) is 0 Å². The number of hydrogen-bond acceptors (Lipinski definition) is 4. The first-order valence-electron chi connectivity index (χ1n) is 6.62. The van der Waals surface area contributed by atoms with Crippen LogP contribution in [0.2, 0.25) is 0 Å². The highest BCUT2D eigenvalue weighted by atomic mass is 79.9. The van der Waals surface area contributed by atoms with Crippen molar-refractivity contribution in [3.05, 3.63) is 21.7 Å². The molecule has 0 saturated carbocycles. The summed E-state index contributed by atoms with van der Waals surface area (Å²) in [6.07, 6.45) is 1.13. The summed E-state index contributed by atoms with van der Waals surface area (Å²) < 4.78 is 12.4. The van der Waals surface area contributed by atoms with Gasteiger partial charge in [0.25, 0.3) is 0 Å². The van der Waals surface area contributed by atoms with E-state index in [0.717, 1.165) is 39.9 Å². The number of fused-ring (bicyclic) bond motifs is 1. The third kappa shape index (κ3) is 3.04. The molecule has 0 amide bonds. The molecule has 4 nitrogen and oxygen atoms in total. The topological polar surface area (TPSA) is 50.7 Å². The van der Waals surface area contributed by atoms with Gasteiger partial charge in [-0.2, -0.15) is 0 Å². The van der Waals surface area contributed by atoms with Gasteiger partial charge in [-0.15, -0.1) is 0 Å². The quantitative estimate of drug-likeness (QED) is 0.890. The minimum atomic E-state index is -0.548. The van der Waals surface area contributed by atoms with Crippen LogP contribution in [0.15, 0.2) is 10.5 Å². The number of aliphatic hydroxyl groups is 1. The summed E-state index contributed by atoms with van der Waals surface area (Å²) in [5.74, 6) is 1.54. The van der Waals surface area contributed by atoms with Crippen molar-refractivity contribution >= 4 is 15.9 Å². The summed E-state index contributed by atoms with van der Waals surface area (Å²) in [6.45, 7) is 3.89. The Morgan fingerprint density at radius 2 is 2.05 bits per heavy atom. The van der Waals surface area contributed by atoms with Crippen molar-refractivity contribution in [2.75, 3.05) is 26.8 Å². The second kappa shape index (κ2) is 6.59. The fraction of sp³-hybridized carbons (Fsp3) is 0.571. The Morgan fingerprint density at radius 1 is 1.37 bits per heavy atom. The maximum absolute atomic E-state index is 10.2. The predicted molar refractivity (Wildman–Crippen MR) is 78.0 cm³/mol. The van der Waals surface area contributed by atoms with Crippen molar-refractivity contribution in [1.82, 2.24) is 5.32 Å². The highest BCUT2D eigenvalue weighted by Gasteiger charge is 2.23. The van der Waals surface area contributed by atoms with Crippen molar-refractivity contribution in [2.24, 2.45) is 0 Å². The van der Waals surface area contributed by atoms with Gasteiger partial charge in [0.2, 0.25) is 0 Å². The second-order valence-electron chi connectivity index (χ2n) is 4.56. The number of benzene rings is 1. The zero-order valence-electron chi connectivity index (χ0n) is 11.3. The molecule has 2 rings (SSSR count). The molecular weight excluding hydrogens is 310 g/mol. The van der Waals surface area contributed by atoms with Crippen LogP contribution < -0.4 is 14.8 Å². The first-order valence-corrected chi connectivity index (χ1v) is 7.41. The maximum Gasteiger partial charge on any atom is 0.175 e. The van der Waals surface area contributed by atoms with Crippen molar-refractivity contribution in [2.45, 2.75) is 25.9 Å². The summed E-state index contributed by atoms with van der Waals surface area (Å²) >= 11 is 3.51. The van der Waals surface area contributed by atoms with Crippen molar-refractivity contribution in [3.8, 4) is 11.5 Å². The molecule has 1 aliphatic heterocycles. The second-order valence-corrected chi connectivity index (χ2v) is 5.42. The largest absolute Gasteiger partial charge is 0.489 e. The fourth-order valence-corrected chi connectivity index (χ4v) is 2.87. The van der Waals surface area contributed by atoms with Crippen LogP contribution in [-0.4, -0.2) is 31.9 Å². The highest BCUT2D eigenvalue weighted by molar-refractivity contribution is 9.10. The number of halogens is 1. The number of ether oxygens (including phenoxy) is 2. The molecule has 0 fully saturated rings. The average molecular weight is 330 g/mol. The zero-order valence-corrected chi connectivity index (χ0v) is 12.9. The van der Waals surface area contributed by atoms with Crippen LogP contribution in [0.5, 0.6) is 11.5 Å². The highest BCUT2D eigenvalue weighted by Crippen LogP contribution is 2.43. The predicted octanol–water partition coefficient (Wildman–Crippen LogP) is 2.43.